The van der Waals surface area contributed by atoms with Gasteiger partial charge in [0.25, 0.3) is 0 Å². The van der Waals surface area contributed by atoms with Crippen LogP contribution in [-0.4, -0.2) is 12.9 Å². The van der Waals surface area contributed by atoms with Gasteiger partial charge < -0.3 is 9.47 Å². The Morgan fingerprint density at radius 3 is 3.00 bits per heavy atom. The molecule has 1 aliphatic heterocycles. The molecule has 3 heteroatoms. The molecule has 1 aromatic carbocycles. The first-order valence-corrected chi connectivity index (χ1v) is 6.57. The van der Waals surface area contributed by atoms with Gasteiger partial charge in [-0.25, -0.2) is 0 Å². The second-order valence-corrected chi connectivity index (χ2v) is 5.05. The summed E-state index contributed by atoms with van der Waals surface area (Å²) in [5, 5.41) is 0. The van der Waals surface area contributed by atoms with Crippen LogP contribution in [0.4, 0.5) is 0 Å². The van der Waals surface area contributed by atoms with E-state index in [0.29, 0.717) is 0 Å². The molecule has 0 radical (unpaired) electrons. The summed E-state index contributed by atoms with van der Waals surface area (Å²) in [5.74, 6) is 0. The summed E-state index contributed by atoms with van der Waals surface area (Å²) in [4.78, 5) is 0. The Morgan fingerprint density at radius 1 is 1.44 bits per heavy atom. The van der Waals surface area contributed by atoms with Gasteiger partial charge in [0.1, 0.15) is 0 Å². The molecule has 0 bridgehead atoms. The van der Waals surface area contributed by atoms with Crippen molar-refractivity contribution >= 4 is 15.9 Å². The lowest BCUT2D eigenvalue weighted by Crippen LogP contribution is -2.23. The third-order valence-electron chi connectivity index (χ3n) is 2.81. The molecule has 0 aromatic heterocycles. The Bertz CT molecular complexity index is 334. The molecule has 0 N–H and O–H groups in total. The molecular formula is C13H17BrO2. The van der Waals surface area contributed by atoms with Crippen molar-refractivity contribution in [3.05, 3.63) is 34.3 Å². The topological polar surface area (TPSA) is 18.5 Å². The fourth-order valence-corrected chi connectivity index (χ4v) is 2.30. The summed E-state index contributed by atoms with van der Waals surface area (Å²) >= 11 is 3.47. The Kier molecular flexibility index (Phi) is 4.38. The van der Waals surface area contributed by atoms with Crippen LogP contribution in [0.15, 0.2) is 28.7 Å². The first-order chi connectivity index (χ1) is 7.75. The second kappa shape index (κ2) is 5.80. The fourth-order valence-electron chi connectivity index (χ4n) is 1.88. The highest BCUT2D eigenvalue weighted by atomic mass is 79.9. The van der Waals surface area contributed by atoms with E-state index in [9.17, 15) is 0 Å². The van der Waals surface area contributed by atoms with Crippen LogP contribution in [0.5, 0.6) is 0 Å². The Labute approximate surface area is 105 Å². The average Bonchev–Trinajstić information content (AvgIpc) is 2.30. The van der Waals surface area contributed by atoms with Crippen LogP contribution in [0.3, 0.4) is 0 Å². The van der Waals surface area contributed by atoms with E-state index in [-0.39, 0.29) is 12.4 Å². The van der Waals surface area contributed by atoms with Gasteiger partial charge in [0.15, 0.2) is 6.29 Å². The summed E-state index contributed by atoms with van der Waals surface area (Å²) in [5.41, 5.74) is 1.18. The standard InChI is InChI=1S/C13H17BrO2/c1-10(11-5-4-6-12(14)9-11)16-13-7-2-3-8-15-13/h4-6,9-10,13H,2-3,7-8H2,1H3. The van der Waals surface area contributed by atoms with E-state index in [1.165, 1.54) is 12.0 Å². The molecule has 88 valence electrons. The monoisotopic (exact) mass is 284 g/mol. The Morgan fingerprint density at radius 2 is 2.31 bits per heavy atom. The Hall–Kier alpha value is -0.380. The molecule has 0 saturated carbocycles. The quantitative estimate of drug-likeness (QED) is 0.834. The minimum atomic E-state index is -0.0252. The second-order valence-electron chi connectivity index (χ2n) is 4.13. The molecule has 1 fully saturated rings. The van der Waals surface area contributed by atoms with Gasteiger partial charge in [-0.05, 0) is 43.9 Å². The minimum Gasteiger partial charge on any atom is -0.353 e. The van der Waals surface area contributed by atoms with Gasteiger partial charge in [0.2, 0.25) is 0 Å². The molecule has 0 spiro atoms. The molecule has 0 amide bonds. The molecule has 1 heterocycles. The summed E-state index contributed by atoms with van der Waals surface area (Å²) in [7, 11) is 0. The average molecular weight is 285 g/mol. The molecular weight excluding hydrogens is 268 g/mol. The predicted octanol–water partition coefficient (Wildman–Crippen LogP) is 4.05. The zero-order valence-electron chi connectivity index (χ0n) is 9.49. The maximum absolute atomic E-state index is 5.89. The highest BCUT2D eigenvalue weighted by molar-refractivity contribution is 9.10. The van der Waals surface area contributed by atoms with Crippen molar-refractivity contribution in [2.75, 3.05) is 6.61 Å². The summed E-state index contributed by atoms with van der Waals surface area (Å²) in [6, 6.07) is 8.22. The molecule has 1 aromatic rings. The van der Waals surface area contributed by atoms with Crippen LogP contribution in [0.25, 0.3) is 0 Å². The van der Waals surface area contributed by atoms with Gasteiger partial charge in [0.05, 0.1) is 6.10 Å². The number of hydrogen-bond donors (Lipinski definition) is 0. The van der Waals surface area contributed by atoms with Crippen LogP contribution >= 0.6 is 15.9 Å². The first kappa shape index (κ1) is 12.1. The highest BCUT2D eigenvalue weighted by Gasteiger charge is 2.18. The lowest BCUT2D eigenvalue weighted by atomic mass is 10.1. The van der Waals surface area contributed by atoms with Crippen molar-refractivity contribution in [2.45, 2.75) is 38.6 Å². The van der Waals surface area contributed by atoms with E-state index in [1.807, 2.05) is 12.1 Å². The van der Waals surface area contributed by atoms with Gasteiger partial charge in [-0.2, -0.15) is 0 Å². The highest BCUT2D eigenvalue weighted by Crippen LogP contribution is 2.25. The fraction of sp³-hybridized carbons (Fsp3) is 0.538. The lowest BCUT2D eigenvalue weighted by Gasteiger charge is -2.26. The maximum Gasteiger partial charge on any atom is 0.158 e. The van der Waals surface area contributed by atoms with E-state index >= 15 is 0 Å². The number of hydrogen-bond acceptors (Lipinski definition) is 2. The number of halogens is 1. The van der Waals surface area contributed by atoms with E-state index < -0.39 is 0 Å². The molecule has 1 aliphatic rings. The Balaban J connectivity index is 1.94. The number of ether oxygens (including phenoxy) is 2. The number of benzene rings is 1. The van der Waals surface area contributed by atoms with Gasteiger partial charge in [-0.3, -0.25) is 0 Å². The predicted molar refractivity (Wildman–Crippen MR) is 67.2 cm³/mol. The van der Waals surface area contributed by atoms with Crippen LogP contribution in [0.2, 0.25) is 0 Å². The van der Waals surface area contributed by atoms with Gasteiger partial charge in [0, 0.05) is 11.1 Å². The maximum atomic E-state index is 5.89. The van der Waals surface area contributed by atoms with E-state index in [0.717, 1.165) is 23.9 Å². The van der Waals surface area contributed by atoms with E-state index in [1.54, 1.807) is 0 Å². The molecule has 1 saturated heterocycles. The normalized spacial score (nSPS) is 23.0. The first-order valence-electron chi connectivity index (χ1n) is 5.78. The lowest BCUT2D eigenvalue weighted by molar-refractivity contribution is -0.186. The van der Waals surface area contributed by atoms with Gasteiger partial charge in [-0.1, -0.05) is 28.1 Å². The molecule has 0 aliphatic carbocycles. The molecule has 2 rings (SSSR count). The zero-order valence-corrected chi connectivity index (χ0v) is 11.1. The van der Waals surface area contributed by atoms with Crippen molar-refractivity contribution in [3.63, 3.8) is 0 Å². The third kappa shape index (κ3) is 3.30. The van der Waals surface area contributed by atoms with Crippen molar-refractivity contribution in [2.24, 2.45) is 0 Å². The van der Waals surface area contributed by atoms with Crippen LogP contribution in [-0.2, 0) is 9.47 Å². The largest absolute Gasteiger partial charge is 0.353 e. The van der Waals surface area contributed by atoms with Crippen molar-refractivity contribution < 1.29 is 9.47 Å². The summed E-state index contributed by atoms with van der Waals surface area (Å²) in [6.07, 6.45) is 3.43. The van der Waals surface area contributed by atoms with Crippen LogP contribution < -0.4 is 0 Å². The van der Waals surface area contributed by atoms with Gasteiger partial charge >= 0.3 is 0 Å². The summed E-state index contributed by atoms with van der Waals surface area (Å²) < 4.78 is 12.5. The van der Waals surface area contributed by atoms with E-state index in [2.05, 4.69) is 35.0 Å². The van der Waals surface area contributed by atoms with Crippen molar-refractivity contribution in [1.29, 1.82) is 0 Å². The van der Waals surface area contributed by atoms with Crippen molar-refractivity contribution in [3.8, 4) is 0 Å². The van der Waals surface area contributed by atoms with E-state index in [4.69, 9.17) is 9.47 Å². The van der Waals surface area contributed by atoms with Crippen LogP contribution in [0.1, 0.15) is 37.9 Å². The van der Waals surface area contributed by atoms with Crippen molar-refractivity contribution in [1.82, 2.24) is 0 Å². The summed E-state index contributed by atoms with van der Waals surface area (Å²) in [6.45, 7) is 2.90. The molecule has 16 heavy (non-hydrogen) atoms. The number of rotatable bonds is 3. The third-order valence-corrected chi connectivity index (χ3v) is 3.31. The molecule has 2 nitrogen and oxygen atoms in total. The molecule has 2 unspecified atom stereocenters. The minimum absolute atomic E-state index is 0.0252. The molecule has 2 atom stereocenters. The SMILES string of the molecule is CC(OC1CCCCO1)c1cccc(Br)c1. The van der Waals surface area contributed by atoms with Gasteiger partial charge in [-0.15, -0.1) is 0 Å². The van der Waals surface area contributed by atoms with Crippen LogP contribution in [0, 0.1) is 0 Å². The smallest absolute Gasteiger partial charge is 0.158 e. The zero-order chi connectivity index (χ0) is 11.4.